The summed E-state index contributed by atoms with van der Waals surface area (Å²) in [7, 11) is 0. The van der Waals surface area contributed by atoms with Gasteiger partial charge in [-0.3, -0.25) is 0 Å². The molecule has 0 amide bonds. The maximum absolute atomic E-state index is 9.51. The number of hydrogen-bond donors (Lipinski definition) is 0. The average molecular weight is 562 g/mol. The van der Waals surface area contributed by atoms with Gasteiger partial charge in [0.05, 0.1) is 45.2 Å². The first-order valence-electron chi connectivity index (χ1n) is 14.1. The van der Waals surface area contributed by atoms with Crippen LogP contribution in [0.15, 0.2) is 138 Å². The highest BCUT2D eigenvalue weighted by atomic mass is 16.6. The summed E-state index contributed by atoms with van der Waals surface area (Å²) in [6.07, 6.45) is 0.297. The van der Waals surface area contributed by atoms with Crippen molar-refractivity contribution in [2.75, 3.05) is 6.61 Å². The molecular formula is C35H35N3O4. The van der Waals surface area contributed by atoms with E-state index in [1.165, 1.54) is 0 Å². The van der Waals surface area contributed by atoms with Gasteiger partial charge in [-0.25, -0.2) is 0 Å². The highest BCUT2D eigenvalue weighted by Crippen LogP contribution is 2.32. The summed E-state index contributed by atoms with van der Waals surface area (Å²) in [6.45, 7) is 1.81. The lowest BCUT2D eigenvalue weighted by Gasteiger charge is -2.40. The first-order chi connectivity index (χ1) is 20.8. The van der Waals surface area contributed by atoms with E-state index < -0.39 is 24.4 Å². The number of azide groups is 1. The summed E-state index contributed by atoms with van der Waals surface area (Å²) in [5.41, 5.74) is 14.5. The van der Waals surface area contributed by atoms with Gasteiger partial charge in [0.25, 0.3) is 0 Å². The number of ether oxygens (including phenoxy) is 4. The van der Waals surface area contributed by atoms with Gasteiger partial charge in [-0.15, -0.1) is 0 Å². The fourth-order valence-electron chi connectivity index (χ4n) is 5.01. The fraction of sp³-hybridized carbons (Fsp3) is 0.257. The summed E-state index contributed by atoms with van der Waals surface area (Å²) < 4.78 is 25.9. The second-order valence-corrected chi connectivity index (χ2v) is 10.2. The van der Waals surface area contributed by atoms with Crippen LogP contribution < -0.4 is 0 Å². The molecule has 214 valence electrons. The molecular weight excluding hydrogens is 526 g/mol. The summed E-state index contributed by atoms with van der Waals surface area (Å²) in [5, 5.41) is 4.14. The molecule has 4 aromatic rings. The normalized spacial score (nSPS) is 20.0. The van der Waals surface area contributed by atoms with E-state index in [4.69, 9.17) is 18.9 Å². The predicted octanol–water partition coefficient (Wildman–Crippen LogP) is 7.58. The van der Waals surface area contributed by atoms with Gasteiger partial charge in [-0.2, -0.15) is 0 Å². The van der Waals surface area contributed by atoms with E-state index in [1.807, 2.05) is 127 Å². The largest absolute Gasteiger partial charge is 0.372 e. The first kappa shape index (κ1) is 29.3. The minimum Gasteiger partial charge on any atom is -0.372 e. The van der Waals surface area contributed by atoms with Crippen molar-refractivity contribution >= 4 is 0 Å². The molecule has 1 aliphatic carbocycles. The molecule has 0 saturated heterocycles. The third-order valence-electron chi connectivity index (χ3n) is 7.12. The second-order valence-electron chi connectivity index (χ2n) is 10.2. The molecule has 4 atom stereocenters. The van der Waals surface area contributed by atoms with Gasteiger partial charge in [-0.1, -0.05) is 133 Å². The van der Waals surface area contributed by atoms with E-state index >= 15 is 0 Å². The number of rotatable bonds is 14. The van der Waals surface area contributed by atoms with Crippen LogP contribution in [0.25, 0.3) is 10.4 Å². The van der Waals surface area contributed by atoms with Crippen molar-refractivity contribution in [1.29, 1.82) is 0 Å². The Labute approximate surface area is 247 Å². The van der Waals surface area contributed by atoms with Gasteiger partial charge in [0.15, 0.2) is 0 Å². The van der Waals surface area contributed by atoms with Gasteiger partial charge in [-0.05, 0) is 33.4 Å². The Hall–Kier alpha value is -4.23. The molecule has 0 aliphatic heterocycles. The van der Waals surface area contributed by atoms with Crippen molar-refractivity contribution < 1.29 is 18.9 Å². The highest BCUT2D eigenvalue weighted by molar-refractivity contribution is 5.25. The number of nitrogens with zero attached hydrogens (tertiary/aromatic N) is 3. The molecule has 1 aliphatic rings. The van der Waals surface area contributed by atoms with Crippen molar-refractivity contribution in [1.82, 2.24) is 0 Å². The van der Waals surface area contributed by atoms with Crippen molar-refractivity contribution in [3.63, 3.8) is 0 Å². The summed E-state index contributed by atoms with van der Waals surface area (Å²) >= 11 is 0. The van der Waals surface area contributed by atoms with Crippen LogP contribution in [0.5, 0.6) is 0 Å². The molecule has 0 bridgehead atoms. The molecule has 0 saturated carbocycles. The molecule has 7 heteroatoms. The van der Waals surface area contributed by atoms with Gasteiger partial charge in [0.1, 0.15) is 12.2 Å². The molecule has 0 N–H and O–H groups in total. The monoisotopic (exact) mass is 561 g/mol. The van der Waals surface area contributed by atoms with Crippen LogP contribution in [0, 0.1) is 0 Å². The fourth-order valence-corrected chi connectivity index (χ4v) is 5.01. The Balaban J connectivity index is 1.44. The van der Waals surface area contributed by atoms with Crippen LogP contribution in [-0.2, 0) is 45.4 Å². The highest BCUT2D eigenvalue weighted by Gasteiger charge is 2.42. The van der Waals surface area contributed by atoms with E-state index in [1.54, 1.807) is 0 Å². The minimum absolute atomic E-state index is 0.294. The molecule has 0 radical (unpaired) electrons. The standard InChI is InChI=1S/C35H35N3O4/c36-38-37-32-21-31(26-39-22-27-13-5-1-6-14-27)33(40-23-28-15-7-2-8-16-28)35(42-25-30-19-11-4-12-20-30)34(32)41-24-29-17-9-3-10-18-29/h1-21,32-35H,22-26H2/t32-,33-,34-,35-/m0/s1. The molecule has 7 nitrogen and oxygen atoms in total. The predicted molar refractivity (Wildman–Crippen MR) is 162 cm³/mol. The molecule has 5 rings (SSSR count). The maximum Gasteiger partial charge on any atom is 0.115 e. The van der Waals surface area contributed by atoms with E-state index in [9.17, 15) is 5.53 Å². The van der Waals surface area contributed by atoms with Crippen LogP contribution in [0.3, 0.4) is 0 Å². The zero-order chi connectivity index (χ0) is 28.8. The third-order valence-corrected chi connectivity index (χ3v) is 7.12. The van der Waals surface area contributed by atoms with Gasteiger partial charge in [0.2, 0.25) is 0 Å². The molecule has 4 aromatic carbocycles. The summed E-state index contributed by atoms with van der Waals surface area (Å²) in [4.78, 5) is 3.16. The Morgan fingerprint density at radius 3 is 1.43 bits per heavy atom. The number of hydrogen-bond acceptors (Lipinski definition) is 5. The van der Waals surface area contributed by atoms with E-state index in [2.05, 4.69) is 10.0 Å². The average Bonchev–Trinajstić information content (AvgIpc) is 3.05. The van der Waals surface area contributed by atoms with Gasteiger partial charge in [0, 0.05) is 4.91 Å². The lowest BCUT2D eigenvalue weighted by atomic mass is 9.87. The quantitative estimate of drug-likeness (QED) is 0.0687. The Kier molecular flexibility index (Phi) is 10.9. The Bertz CT molecular complexity index is 1430. The molecule has 0 unspecified atom stereocenters. The van der Waals surface area contributed by atoms with E-state index in [0.29, 0.717) is 33.0 Å². The third kappa shape index (κ3) is 8.40. The molecule has 0 spiro atoms. The van der Waals surface area contributed by atoms with E-state index in [-0.39, 0.29) is 0 Å². The molecule has 0 aromatic heterocycles. The van der Waals surface area contributed by atoms with Gasteiger partial charge < -0.3 is 18.9 Å². The zero-order valence-corrected chi connectivity index (χ0v) is 23.4. The Morgan fingerprint density at radius 2 is 0.952 bits per heavy atom. The lowest BCUT2D eigenvalue weighted by molar-refractivity contribution is -0.151. The summed E-state index contributed by atoms with van der Waals surface area (Å²) in [5.74, 6) is 0. The number of benzene rings is 4. The Morgan fingerprint density at radius 1 is 0.524 bits per heavy atom. The molecule has 0 heterocycles. The van der Waals surface area contributed by atoms with E-state index in [0.717, 1.165) is 27.8 Å². The van der Waals surface area contributed by atoms with Crippen molar-refractivity contribution in [2.24, 2.45) is 5.11 Å². The lowest BCUT2D eigenvalue weighted by Crippen LogP contribution is -2.52. The maximum atomic E-state index is 9.51. The van der Waals surface area contributed by atoms with Crippen LogP contribution >= 0.6 is 0 Å². The van der Waals surface area contributed by atoms with Crippen molar-refractivity contribution in [3.8, 4) is 0 Å². The van der Waals surface area contributed by atoms with Crippen molar-refractivity contribution in [2.45, 2.75) is 50.8 Å². The topological polar surface area (TPSA) is 85.7 Å². The van der Waals surface area contributed by atoms with Crippen LogP contribution in [0.2, 0.25) is 0 Å². The molecule has 0 fully saturated rings. The SMILES string of the molecule is [N-]=[N+]=N[C@H]1C=C(COCc2ccccc2)[C@H](OCc2ccccc2)[C@H](OCc2ccccc2)[C@H]1OCc1ccccc1. The van der Waals surface area contributed by atoms with Crippen LogP contribution in [0.1, 0.15) is 22.3 Å². The first-order valence-corrected chi connectivity index (χ1v) is 14.1. The zero-order valence-electron chi connectivity index (χ0n) is 23.4. The minimum atomic E-state index is -0.605. The van der Waals surface area contributed by atoms with Crippen LogP contribution in [0.4, 0.5) is 0 Å². The van der Waals surface area contributed by atoms with Crippen molar-refractivity contribution in [3.05, 3.63) is 166 Å². The second kappa shape index (κ2) is 15.7. The van der Waals surface area contributed by atoms with Gasteiger partial charge >= 0.3 is 0 Å². The molecule has 42 heavy (non-hydrogen) atoms. The smallest absolute Gasteiger partial charge is 0.115 e. The van der Waals surface area contributed by atoms with Crippen LogP contribution in [-0.4, -0.2) is 31.0 Å². The summed E-state index contributed by atoms with van der Waals surface area (Å²) in [6, 6.07) is 39.4.